The molecular formula is C17H18F3N7O2. The summed E-state index contributed by atoms with van der Waals surface area (Å²) in [5, 5.41) is 13.0. The van der Waals surface area contributed by atoms with Crippen molar-refractivity contribution < 1.29 is 23.1 Å². The van der Waals surface area contributed by atoms with E-state index in [0.717, 1.165) is 17.1 Å². The van der Waals surface area contributed by atoms with Crippen LogP contribution in [-0.4, -0.2) is 49.7 Å². The minimum atomic E-state index is -4.96. The number of benzene rings is 1. The Hall–Kier alpha value is -3.25. The molecule has 0 bridgehead atoms. The van der Waals surface area contributed by atoms with Crippen LogP contribution in [0.5, 0.6) is 0 Å². The van der Waals surface area contributed by atoms with Crippen LogP contribution in [0.15, 0.2) is 30.6 Å². The molecule has 0 radical (unpaired) electrons. The molecule has 0 amide bonds. The van der Waals surface area contributed by atoms with Gasteiger partial charge >= 0.3 is 6.18 Å². The normalized spacial score (nSPS) is 11.7. The number of alkyl halides is 3. The lowest BCUT2D eigenvalue weighted by molar-refractivity contribution is -0.0885. The molecule has 0 saturated heterocycles. The van der Waals surface area contributed by atoms with E-state index < -0.39 is 17.5 Å². The first-order chi connectivity index (χ1) is 13.8. The molecule has 0 fully saturated rings. The number of hydrogen-bond acceptors (Lipinski definition) is 8. The van der Waals surface area contributed by atoms with E-state index in [1.165, 1.54) is 12.1 Å². The van der Waals surface area contributed by atoms with Crippen molar-refractivity contribution in [1.82, 2.24) is 19.5 Å². The highest BCUT2D eigenvalue weighted by molar-refractivity contribution is 6.00. The zero-order valence-electron chi connectivity index (χ0n) is 15.3. The molecule has 0 atom stereocenters. The monoisotopic (exact) mass is 409 g/mol. The Labute approximate surface area is 163 Å². The van der Waals surface area contributed by atoms with Gasteiger partial charge in [0.15, 0.2) is 17.0 Å². The summed E-state index contributed by atoms with van der Waals surface area (Å²) in [5.74, 6) is 4.63. The van der Waals surface area contributed by atoms with Crippen LogP contribution in [0.4, 0.5) is 30.6 Å². The molecule has 2 heterocycles. The number of rotatable bonds is 7. The molecule has 0 aliphatic rings. The maximum atomic E-state index is 12.6. The third kappa shape index (κ3) is 4.12. The SMILES string of the molecule is CCn1cnc2c(N(N)c3ccc(C(=O)C(F)(F)F)cc3)nc(NCCO)nc21. The van der Waals surface area contributed by atoms with E-state index in [-0.39, 0.29) is 24.9 Å². The van der Waals surface area contributed by atoms with E-state index in [1.54, 1.807) is 10.9 Å². The van der Waals surface area contributed by atoms with E-state index in [1.807, 2.05) is 6.92 Å². The highest BCUT2D eigenvalue weighted by Crippen LogP contribution is 2.29. The predicted molar refractivity (Wildman–Crippen MR) is 99.7 cm³/mol. The van der Waals surface area contributed by atoms with Gasteiger partial charge in [-0.15, -0.1) is 0 Å². The molecule has 12 heteroatoms. The maximum Gasteiger partial charge on any atom is 0.454 e. The van der Waals surface area contributed by atoms with E-state index in [9.17, 15) is 18.0 Å². The van der Waals surface area contributed by atoms with Crippen molar-refractivity contribution in [1.29, 1.82) is 0 Å². The minimum Gasteiger partial charge on any atom is -0.395 e. The molecule has 0 unspecified atom stereocenters. The number of hydrazine groups is 1. The second-order valence-electron chi connectivity index (χ2n) is 5.97. The van der Waals surface area contributed by atoms with Gasteiger partial charge in [0.1, 0.15) is 0 Å². The average molecular weight is 409 g/mol. The Morgan fingerprint density at radius 3 is 2.55 bits per heavy atom. The molecule has 3 rings (SSSR count). The Bertz CT molecular complexity index is 1020. The van der Waals surface area contributed by atoms with Crippen molar-refractivity contribution >= 4 is 34.4 Å². The zero-order valence-corrected chi connectivity index (χ0v) is 15.3. The lowest BCUT2D eigenvalue weighted by atomic mass is 10.1. The number of hydrogen-bond donors (Lipinski definition) is 3. The number of nitrogens with one attached hydrogen (secondary N) is 1. The molecule has 2 aromatic heterocycles. The smallest absolute Gasteiger partial charge is 0.395 e. The van der Waals surface area contributed by atoms with E-state index in [2.05, 4.69) is 20.3 Å². The van der Waals surface area contributed by atoms with Crippen LogP contribution in [0.3, 0.4) is 0 Å². The van der Waals surface area contributed by atoms with E-state index in [0.29, 0.717) is 23.4 Å². The van der Waals surface area contributed by atoms with Crippen molar-refractivity contribution in [3.63, 3.8) is 0 Å². The quantitative estimate of drug-likeness (QED) is 0.308. The van der Waals surface area contributed by atoms with Gasteiger partial charge in [-0.3, -0.25) is 9.80 Å². The highest BCUT2D eigenvalue weighted by atomic mass is 19.4. The number of halogens is 3. The van der Waals surface area contributed by atoms with Crippen LogP contribution in [0, 0.1) is 0 Å². The number of Topliss-reactive ketones (excluding diaryl/α,β-unsaturated/α-hetero) is 1. The summed E-state index contributed by atoms with van der Waals surface area (Å²) < 4.78 is 39.5. The molecule has 0 saturated carbocycles. The molecule has 0 aliphatic carbocycles. The van der Waals surface area contributed by atoms with Gasteiger partial charge in [0.2, 0.25) is 5.95 Å². The van der Waals surface area contributed by atoms with Gasteiger partial charge in [0, 0.05) is 18.7 Å². The second kappa shape index (κ2) is 8.01. The molecule has 0 spiro atoms. The van der Waals surface area contributed by atoms with Gasteiger partial charge in [0.25, 0.3) is 5.78 Å². The number of aryl methyl sites for hydroxylation is 1. The molecule has 29 heavy (non-hydrogen) atoms. The zero-order chi connectivity index (χ0) is 21.2. The summed E-state index contributed by atoms with van der Waals surface area (Å²) in [6.45, 7) is 2.57. The van der Waals surface area contributed by atoms with E-state index in [4.69, 9.17) is 10.9 Å². The van der Waals surface area contributed by atoms with Crippen molar-refractivity contribution in [2.45, 2.75) is 19.6 Å². The largest absolute Gasteiger partial charge is 0.454 e. The number of anilines is 3. The number of aliphatic hydroxyl groups is 1. The van der Waals surface area contributed by atoms with Crippen LogP contribution >= 0.6 is 0 Å². The number of nitrogens with two attached hydrogens (primary N) is 1. The van der Waals surface area contributed by atoms with Gasteiger partial charge in [-0.05, 0) is 31.2 Å². The minimum absolute atomic E-state index is 0.134. The topological polar surface area (TPSA) is 122 Å². The fraction of sp³-hybridized carbons (Fsp3) is 0.294. The summed E-state index contributed by atoms with van der Waals surface area (Å²) in [7, 11) is 0. The standard InChI is InChI=1S/C17H18F3N7O2/c1-2-26-9-23-12-14(26)24-16(22-7-8-28)25-15(12)27(21)11-5-3-10(4-6-11)13(29)17(18,19)20/h3-6,9,28H,2,7-8,21H2,1H3,(H,22,24,25). The summed E-state index contributed by atoms with van der Waals surface area (Å²) in [6, 6.07) is 4.65. The molecule has 1 aromatic carbocycles. The van der Waals surface area contributed by atoms with Gasteiger partial charge in [-0.2, -0.15) is 23.1 Å². The second-order valence-corrected chi connectivity index (χ2v) is 5.97. The number of ketones is 1. The van der Waals surface area contributed by atoms with Crippen LogP contribution in [-0.2, 0) is 6.54 Å². The maximum absolute atomic E-state index is 12.6. The van der Waals surface area contributed by atoms with Gasteiger partial charge in [-0.1, -0.05) is 0 Å². The predicted octanol–water partition coefficient (Wildman–Crippen LogP) is 2.01. The summed E-state index contributed by atoms with van der Waals surface area (Å²) >= 11 is 0. The number of fused-ring (bicyclic) bond motifs is 1. The van der Waals surface area contributed by atoms with Crippen molar-refractivity contribution in [2.24, 2.45) is 5.84 Å². The third-order valence-corrected chi connectivity index (χ3v) is 4.07. The number of nitrogens with zero attached hydrogens (tertiary/aromatic N) is 5. The number of carbonyl (C=O) groups excluding carboxylic acids is 1. The molecule has 154 valence electrons. The number of imidazole rings is 1. The summed E-state index contributed by atoms with van der Waals surface area (Å²) in [4.78, 5) is 24.3. The Balaban J connectivity index is 2.00. The fourth-order valence-electron chi connectivity index (χ4n) is 2.63. The molecule has 3 aromatic rings. The first kappa shape index (κ1) is 20.5. The molecule has 0 aliphatic heterocycles. The van der Waals surface area contributed by atoms with Crippen LogP contribution in [0.2, 0.25) is 0 Å². The van der Waals surface area contributed by atoms with Gasteiger partial charge in [-0.25, -0.2) is 10.8 Å². The number of carbonyl (C=O) groups is 1. The van der Waals surface area contributed by atoms with Crippen LogP contribution < -0.4 is 16.2 Å². The Morgan fingerprint density at radius 1 is 1.28 bits per heavy atom. The first-order valence-corrected chi connectivity index (χ1v) is 8.60. The molecule has 9 nitrogen and oxygen atoms in total. The van der Waals surface area contributed by atoms with Crippen LogP contribution in [0.1, 0.15) is 17.3 Å². The third-order valence-electron chi connectivity index (χ3n) is 4.07. The summed E-state index contributed by atoms with van der Waals surface area (Å²) in [6.07, 6.45) is -3.39. The first-order valence-electron chi connectivity index (χ1n) is 8.60. The van der Waals surface area contributed by atoms with Crippen LogP contribution in [0.25, 0.3) is 11.2 Å². The Kier molecular flexibility index (Phi) is 5.66. The lowest BCUT2D eigenvalue weighted by Crippen LogP contribution is -2.27. The average Bonchev–Trinajstić information content (AvgIpc) is 3.13. The number of aromatic nitrogens is 4. The van der Waals surface area contributed by atoms with E-state index >= 15 is 0 Å². The van der Waals surface area contributed by atoms with Crippen molar-refractivity contribution in [3.05, 3.63) is 36.2 Å². The Morgan fingerprint density at radius 2 is 1.97 bits per heavy atom. The van der Waals surface area contributed by atoms with Crippen molar-refractivity contribution in [3.8, 4) is 0 Å². The highest BCUT2D eigenvalue weighted by Gasteiger charge is 2.39. The molecule has 4 N–H and O–H groups in total. The lowest BCUT2D eigenvalue weighted by Gasteiger charge is -2.19. The number of aliphatic hydroxyl groups excluding tert-OH is 1. The van der Waals surface area contributed by atoms with Gasteiger partial charge < -0.3 is 15.0 Å². The van der Waals surface area contributed by atoms with Gasteiger partial charge in [0.05, 0.1) is 18.6 Å². The fourth-order valence-corrected chi connectivity index (χ4v) is 2.63. The van der Waals surface area contributed by atoms with Crippen molar-refractivity contribution in [2.75, 3.05) is 23.5 Å². The summed E-state index contributed by atoms with van der Waals surface area (Å²) in [5.41, 5.74) is 0.683. The molecular weight excluding hydrogens is 391 g/mol.